The average Bonchev–Trinajstić information content (AvgIpc) is 3.12. The van der Waals surface area contributed by atoms with Crippen LogP contribution in [0.15, 0.2) is 35.0 Å². The van der Waals surface area contributed by atoms with Gasteiger partial charge in [-0.1, -0.05) is 17.3 Å². The first-order valence-corrected chi connectivity index (χ1v) is 7.77. The summed E-state index contributed by atoms with van der Waals surface area (Å²) in [5.41, 5.74) is 2.12. The molecule has 0 aliphatic carbocycles. The molecule has 2 heterocycles. The predicted octanol–water partition coefficient (Wildman–Crippen LogP) is 3.73. The van der Waals surface area contributed by atoms with Gasteiger partial charge in [0.2, 0.25) is 5.76 Å². The van der Waals surface area contributed by atoms with Crippen LogP contribution in [0.2, 0.25) is 0 Å². The zero-order valence-electron chi connectivity index (χ0n) is 12.6. The zero-order valence-corrected chi connectivity index (χ0v) is 13.4. The topological polar surface area (TPSA) is 68.0 Å². The van der Waals surface area contributed by atoms with Crippen molar-refractivity contribution in [2.75, 3.05) is 5.32 Å². The van der Waals surface area contributed by atoms with Gasteiger partial charge in [0.25, 0.3) is 5.91 Å². The van der Waals surface area contributed by atoms with Crippen molar-refractivity contribution in [2.45, 2.75) is 20.3 Å². The Balaban J connectivity index is 1.68. The van der Waals surface area contributed by atoms with Gasteiger partial charge in [0, 0.05) is 23.6 Å². The largest absolute Gasteiger partial charge is 0.351 e. The molecular formula is C16H14FN3O2S. The minimum absolute atomic E-state index is 0.139. The van der Waals surface area contributed by atoms with Crippen molar-refractivity contribution in [1.82, 2.24) is 10.1 Å². The summed E-state index contributed by atoms with van der Waals surface area (Å²) < 4.78 is 18.5. The molecule has 0 radical (unpaired) electrons. The minimum Gasteiger partial charge on any atom is -0.351 e. The van der Waals surface area contributed by atoms with Crippen molar-refractivity contribution >= 4 is 22.4 Å². The molecule has 0 bridgehead atoms. The van der Waals surface area contributed by atoms with E-state index >= 15 is 0 Å². The monoisotopic (exact) mass is 331 g/mol. The average molecular weight is 331 g/mol. The maximum atomic E-state index is 13.6. The predicted molar refractivity (Wildman–Crippen MR) is 85.3 cm³/mol. The van der Waals surface area contributed by atoms with Crippen molar-refractivity contribution in [2.24, 2.45) is 0 Å². The summed E-state index contributed by atoms with van der Waals surface area (Å²) in [6.45, 7) is 3.47. The molecule has 2 aromatic heterocycles. The molecule has 0 fully saturated rings. The van der Waals surface area contributed by atoms with Gasteiger partial charge in [0.05, 0.1) is 5.69 Å². The number of nitrogens with one attached hydrogen (secondary N) is 1. The summed E-state index contributed by atoms with van der Waals surface area (Å²) in [6.07, 6.45) is 2.23. The van der Waals surface area contributed by atoms with E-state index in [4.69, 9.17) is 4.52 Å². The number of carbonyl (C=O) groups excluding carboxylic acids is 1. The number of nitrogens with zero attached hydrogens (tertiary/aromatic N) is 2. The number of rotatable bonds is 4. The van der Waals surface area contributed by atoms with Crippen LogP contribution in [0.25, 0.3) is 0 Å². The molecule has 1 N–H and O–H groups in total. The number of carbonyl (C=O) groups is 1. The zero-order chi connectivity index (χ0) is 16.4. The van der Waals surface area contributed by atoms with E-state index in [0.717, 1.165) is 10.4 Å². The van der Waals surface area contributed by atoms with Gasteiger partial charge in [0.15, 0.2) is 5.13 Å². The fourth-order valence-electron chi connectivity index (χ4n) is 2.02. The second kappa shape index (κ2) is 6.29. The van der Waals surface area contributed by atoms with Crippen molar-refractivity contribution in [3.63, 3.8) is 0 Å². The number of thiazole rings is 1. The molecule has 1 aromatic carbocycles. The summed E-state index contributed by atoms with van der Waals surface area (Å²) >= 11 is 1.34. The number of hydrogen-bond donors (Lipinski definition) is 1. The van der Waals surface area contributed by atoms with Gasteiger partial charge in [-0.15, -0.1) is 11.3 Å². The maximum absolute atomic E-state index is 13.6. The summed E-state index contributed by atoms with van der Waals surface area (Å²) in [5.74, 6) is -0.478. The van der Waals surface area contributed by atoms with Gasteiger partial charge in [-0.2, -0.15) is 0 Å². The van der Waals surface area contributed by atoms with E-state index in [0.29, 0.717) is 22.8 Å². The van der Waals surface area contributed by atoms with Gasteiger partial charge in [-0.3, -0.25) is 10.1 Å². The highest BCUT2D eigenvalue weighted by Crippen LogP contribution is 2.22. The number of aromatic nitrogens is 2. The molecule has 23 heavy (non-hydrogen) atoms. The van der Waals surface area contributed by atoms with E-state index in [1.165, 1.54) is 17.4 Å². The normalized spacial score (nSPS) is 10.7. The van der Waals surface area contributed by atoms with Crippen LogP contribution < -0.4 is 5.32 Å². The van der Waals surface area contributed by atoms with Crippen LogP contribution in [-0.2, 0) is 6.42 Å². The molecule has 0 unspecified atom stereocenters. The van der Waals surface area contributed by atoms with Crippen molar-refractivity contribution < 1.29 is 13.7 Å². The molecule has 0 aliphatic heterocycles. The Morgan fingerprint density at radius 2 is 2.17 bits per heavy atom. The molecule has 0 atom stereocenters. The Labute approximate surface area is 136 Å². The van der Waals surface area contributed by atoms with Gasteiger partial charge in [0.1, 0.15) is 5.82 Å². The van der Waals surface area contributed by atoms with Crippen molar-refractivity contribution in [1.29, 1.82) is 0 Å². The Hall–Kier alpha value is -2.54. The lowest BCUT2D eigenvalue weighted by Crippen LogP contribution is -2.10. The van der Waals surface area contributed by atoms with Gasteiger partial charge in [-0.25, -0.2) is 9.37 Å². The van der Waals surface area contributed by atoms with Crippen LogP contribution in [0.1, 0.15) is 32.3 Å². The van der Waals surface area contributed by atoms with Gasteiger partial charge >= 0.3 is 0 Å². The van der Waals surface area contributed by atoms with Crippen molar-refractivity contribution in [3.8, 4) is 0 Å². The molecule has 5 nitrogen and oxygen atoms in total. The third kappa shape index (κ3) is 3.62. The summed E-state index contributed by atoms with van der Waals surface area (Å²) in [6, 6.07) is 6.71. The SMILES string of the molecule is Cc1cc(C(=O)Nc2ncc(Cc3ccc(C)c(F)c3)s2)on1. The maximum Gasteiger partial charge on any atom is 0.296 e. The molecular weight excluding hydrogens is 317 g/mol. The summed E-state index contributed by atoms with van der Waals surface area (Å²) in [5, 5.41) is 6.79. The molecule has 0 aliphatic rings. The number of hydrogen-bond acceptors (Lipinski definition) is 5. The molecule has 0 saturated heterocycles. The third-order valence-corrected chi connectivity index (χ3v) is 4.15. The Morgan fingerprint density at radius 1 is 1.35 bits per heavy atom. The second-order valence-electron chi connectivity index (χ2n) is 5.18. The van der Waals surface area contributed by atoms with E-state index in [9.17, 15) is 9.18 Å². The standard InChI is InChI=1S/C16H14FN3O2S/c1-9-3-4-11(7-13(9)17)6-12-8-18-16(23-12)19-15(21)14-5-10(2)20-22-14/h3-5,7-8H,6H2,1-2H3,(H,18,19,21). The number of halogens is 1. The lowest BCUT2D eigenvalue weighted by atomic mass is 10.1. The fraction of sp³-hybridized carbons (Fsp3) is 0.188. The fourth-order valence-corrected chi connectivity index (χ4v) is 2.87. The molecule has 3 rings (SSSR count). The van der Waals surface area contributed by atoms with Crippen LogP contribution in [0, 0.1) is 19.7 Å². The Kier molecular flexibility index (Phi) is 4.20. The van der Waals surface area contributed by atoms with Crippen LogP contribution in [-0.4, -0.2) is 16.0 Å². The highest BCUT2D eigenvalue weighted by atomic mass is 32.1. The van der Waals surface area contributed by atoms with E-state index in [1.807, 2.05) is 6.07 Å². The first kappa shape index (κ1) is 15.4. The Bertz CT molecular complexity index is 857. The first-order valence-electron chi connectivity index (χ1n) is 6.95. The quantitative estimate of drug-likeness (QED) is 0.791. The van der Waals surface area contributed by atoms with Crippen LogP contribution in [0.5, 0.6) is 0 Å². The smallest absolute Gasteiger partial charge is 0.296 e. The van der Waals surface area contributed by atoms with Crippen LogP contribution in [0.4, 0.5) is 9.52 Å². The summed E-state index contributed by atoms with van der Waals surface area (Å²) in [4.78, 5) is 17.0. The van der Waals surface area contributed by atoms with E-state index in [-0.39, 0.29) is 11.6 Å². The highest BCUT2D eigenvalue weighted by molar-refractivity contribution is 7.15. The van der Waals surface area contributed by atoms with E-state index in [2.05, 4.69) is 15.5 Å². The third-order valence-electron chi connectivity index (χ3n) is 3.24. The first-order chi connectivity index (χ1) is 11.0. The lowest BCUT2D eigenvalue weighted by molar-refractivity contribution is 0.0988. The minimum atomic E-state index is -0.395. The highest BCUT2D eigenvalue weighted by Gasteiger charge is 2.14. The summed E-state index contributed by atoms with van der Waals surface area (Å²) in [7, 11) is 0. The molecule has 1 amide bonds. The van der Waals surface area contributed by atoms with Crippen LogP contribution >= 0.6 is 11.3 Å². The number of amides is 1. The second-order valence-corrected chi connectivity index (χ2v) is 6.29. The molecule has 0 saturated carbocycles. The number of anilines is 1. The Morgan fingerprint density at radius 3 is 2.87 bits per heavy atom. The van der Waals surface area contributed by atoms with E-state index in [1.54, 1.807) is 32.2 Å². The number of benzene rings is 1. The lowest BCUT2D eigenvalue weighted by Gasteiger charge is -2.01. The van der Waals surface area contributed by atoms with Crippen molar-refractivity contribution in [3.05, 3.63) is 63.7 Å². The molecule has 7 heteroatoms. The van der Waals surface area contributed by atoms with Crippen LogP contribution in [0.3, 0.4) is 0 Å². The molecule has 3 aromatic rings. The van der Waals surface area contributed by atoms with Gasteiger partial charge < -0.3 is 4.52 Å². The van der Waals surface area contributed by atoms with Gasteiger partial charge in [-0.05, 0) is 31.0 Å². The number of aryl methyl sites for hydroxylation is 2. The van der Waals surface area contributed by atoms with E-state index < -0.39 is 5.91 Å². The molecule has 0 spiro atoms. The molecule has 118 valence electrons.